The molecular formula is C21H18BrN3O5. The molecule has 9 heteroatoms. The molecule has 1 aromatic heterocycles. The summed E-state index contributed by atoms with van der Waals surface area (Å²) >= 11 is 3.29. The van der Waals surface area contributed by atoms with Crippen LogP contribution in [0.3, 0.4) is 0 Å². The number of nitrogens with zero attached hydrogens (tertiary/aromatic N) is 1. The molecule has 2 N–H and O–H groups in total. The van der Waals surface area contributed by atoms with Crippen LogP contribution in [0, 0.1) is 6.92 Å². The lowest BCUT2D eigenvalue weighted by Gasteiger charge is -2.17. The number of carbonyl (C=O) groups excluding carboxylic acids is 3. The van der Waals surface area contributed by atoms with E-state index in [0.29, 0.717) is 16.9 Å². The molecule has 1 unspecified atom stereocenters. The van der Waals surface area contributed by atoms with E-state index >= 15 is 0 Å². The summed E-state index contributed by atoms with van der Waals surface area (Å²) in [5.41, 5.74) is 0.868. The number of aromatic nitrogens is 1. The van der Waals surface area contributed by atoms with Crippen molar-refractivity contribution in [2.45, 2.75) is 13.0 Å². The summed E-state index contributed by atoms with van der Waals surface area (Å²) in [6, 6.07) is 16.7. The zero-order valence-corrected chi connectivity index (χ0v) is 17.5. The second-order valence-corrected chi connectivity index (χ2v) is 7.20. The third-order valence-corrected chi connectivity index (χ3v) is 4.50. The highest BCUT2D eigenvalue weighted by Crippen LogP contribution is 2.20. The Bertz CT molecular complexity index is 1030. The Morgan fingerprint density at radius 3 is 2.43 bits per heavy atom. The number of amides is 2. The molecule has 0 bridgehead atoms. The summed E-state index contributed by atoms with van der Waals surface area (Å²) in [6.45, 7) is 1.29. The van der Waals surface area contributed by atoms with Crippen LogP contribution in [-0.4, -0.2) is 29.5 Å². The van der Waals surface area contributed by atoms with Gasteiger partial charge in [0.1, 0.15) is 12.3 Å². The summed E-state index contributed by atoms with van der Waals surface area (Å²) < 4.78 is 11.1. The number of hydrogen-bond acceptors (Lipinski definition) is 6. The zero-order chi connectivity index (χ0) is 21.5. The monoisotopic (exact) mass is 471 g/mol. The molecule has 1 heterocycles. The van der Waals surface area contributed by atoms with Crippen molar-refractivity contribution >= 4 is 39.5 Å². The number of aryl methyl sites for hydroxylation is 1. The number of carbonyl (C=O) groups is 3. The fraction of sp³-hybridized carbons (Fsp3) is 0.143. The third-order valence-electron chi connectivity index (χ3n) is 3.97. The summed E-state index contributed by atoms with van der Waals surface area (Å²) in [4.78, 5) is 37.2. The molecule has 8 nitrogen and oxygen atoms in total. The molecule has 154 valence electrons. The molecular weight excluding hydrogens is 454 g/mol. The van der Waals surface area contributed by atoms with Crippen molar-refractivity contribution in [1.82, 2.24) is 10.5 Å². The van der Waals surface area contributed by atoms with Gasteiger partial charge in [-0.05, 0) is 31.2 Å². The molecule has 0 radical (unpaired) electrons. The van der Waals surface area contributed by atoms with E-state index in [-0.39, 0.29) is 5.82 Å². The summed E-state index contributed by atoms with van der Waals surface area (Å²) in [5, 5.41) is 8.73. The van der Waals surface area contributed by atoms with Gasteiger partial charge in [0.15, 0.2) is 5.82 Å². The Kier molecular flexibility index (Phi) is 6.97. The van der Waals surface area contributed by atoms with E-state index in [9.17, 15) is 14.4 Å². The van der Waals surface area contributed by atoms with Crippen LogP contribution in [0.25, 0.3) is 0 Å². The first-order chi connectivity index (χ1) is 14.4. The number of anilines is 1. The van der Waals surface area contributed by atoms with Crippen LogP contribution in [0.2, 0.25) is 0 Å². The van der Waals surface area contributed by atoms with Gasteiger partial charge in [0.2, 0.25) is 6.10 Å². The minimum atomic E-state index is -1.22. The highest BCUT2D eigenvalue weighted by Gasteiger charge is 2.26. The van der Waals surface area contributed by atoms with Crippen LogP contribution in [0.5, 0.6) is 0 Å². The number of benzene rings is 2. The summed E-state index contributed by atoms with van der Waals surface area (Å²) in [6.07, 6.45) is -1.22. The molecule has 0 aliphatic rings. The van der Waals surface area contributed by atoms with Gasteiger partial charge in [-0.3, -0.25) is 14.4 Å². The van der Waals surface area contributed by atoms with Crippen molar-refractivity contribution in [3.8, 4) is 0 Å². The standard InChI is InChI=1S/C21H18BrN3O5/c1-13-11-17(25-30-13)24-21(28)19(14-5-3-2-4-6-14)29-18(26)12-23-20(27)15-7-9-16(22)10-8-15/h2-11,19H,12H2,1H3,(H,23,27)(H,24,25,28). The van der Waals surface area contributed by atoms with E-state index in [2.05, 4.69) is 31.7 Å². The Hall–Kier alpha value is -3.46. The van der Waals surface area contributed by atoms with E-state index in [1.807, 2.05) is 0 Å². The van der Waals surface area contributed by atoms with Crippen LogP contribution < -0.4 is 10.6 Å². The quantitative estimate of drug-likeness (QED) is 0.510. The van der Waals surface area contributed by atoms with Crippen molar-refractivity contribution in [3.05, 3.63) is 82.0 Å². The van der Waals surface area contributed by atoms with Gasteiger partial charge in [0.25, 0.3) is 11.8 Å². The van der Waals surface area contributed by atoms with Crippen molar-refractivity contribution in [1.29, 1.82) is 0 Å². The SMILES string of the molecule is Cc1cc(NC(=O)C(OC(=O)CNC(=O)c2ccc(Br)cc2)c2ccccc2)no1. The number of rotatable bonds is 7. The predicted octanol–water partition coefficient (Wildman–Crippen LogP) is 3.40. The number of esters is 1. The average molecular weight is 472 g/mol. The largest absolute Gasteiger partial charge is 0.446 e. The molecule has 2 amide bonds. The Labute approximate surface area is 180 Å². The Morgan fingerprint density at radius 2 is 1.80 bits per heavy atom. The average Bonchev–Trinajstić information content (AvgIpc) is 3.15. The number of halogens is 1. The number of ether oxygens (including phenoxy) is 1. The van der Waals surface area contributed by atoms with E-state index in [4.69, 9.17) is 9.26 Å². The summed E-state index contributed by atoms with van der Waals surface area (Å²) in [7, 11) is 0. The molecule has 2 aromatic carbocycles. The third kappa shape index (κ3) is 5.77. The van der Waals surface area contributed by atoms with Gasteiger partial charge in [-0.2, -0.15) is 0 Å². The molecule has 0 saturated carbocycles. The lowest BCUT2D eigenvalue weighted by atomic mass is 10.1. The van der Waals surface area contributed by atoms with Gasteiger partial charge >= 0.3 is 5.97 Å². The van der Waals surface area contributed by atoms with Crippen molar-refractivity contribution in [2.24, 2.45) is 0 Å². The number of nitrogens with one attached hydrogen (secondary N) is 2. The second kappa shape index (κ2) is 9.84. The zero-order valence-electron chi connectivity index (χ0n) is 15.9. The molecule has 0 aliphatic heterocycles. The molecule has 0 spiro atoms. The van der Waals surface area contributed by atoms with Gasteiger partial charge in [0.05, 0.1) is 0 Å². The normalized spacial score (nSPS) is 11.4. The molecule has 3 rings (SSSR count). The molecule has 0 aliphatic carbocycles. The van der Waals surface area contributed by atoms with Crippen LogP contribution in [-0.2, 0) is 14.3 Å². The predicted molar refractivity (Wildman–Crippen MR) is 112 cm³/mol. The molecule has 30 heavy (non-hydrogen) atoms. The van der Waals surface area contributed by atoms with Gasteiger partial charge < -0.3 is 19.9 Å². The van der Waals surface area contributed by atoms with Gasteiger partial charge in [-0.1, -0.05) is 51.4 Å². The topological polar surface area (TPSA) is 111 Å². The Balaban J connectivity index is 1.64. The molecule has 1 atom stereocenters. The highest BCUT2D eigenvalue weighted by molar-refractivity contribution is 9.10. The first-order valence-electron chi connectivity index (χ1n) is 8.95. The lowest BCUT2D eigenvalue weighted by Crippen LogP contribution is -2.33. The van der Waals surface area contributed by atoms with Gasteiger partial charge in [-0.15, -0.1) is 0 Å². The van der Waals surface area contributed by atoms with Crippen LogP contribution in [0.15, 0.2) is 69.7 Å². The first-order valence-corrected chi connectivity index (χ1v) is 9.74. The van der Waals surface area contributed by atoms with E-state index in [1.54, 1.807) is 67.6 Å². The second-order valence-electron chi connectivity index (χ2n) is 6.28. The molecule has 3 aromatic rings. The smallest absolute Gasteiger partial charge is 0.326 e. The summed E-state index contributed by atoms with van der Waals surface area (Å²) in [5.74, 6) is -1.06. The maximum absolute atomic E-state index is 12.7. The van der Waals surface area contributed by atoms with E-state index in [1.165, 1.54) is 0 Å². The minimum Gasteiger partial charge on any atom is -0.446 e. The van der Waals surface area contributed by atoms with E-state index < -0.39 is 30.4 Å². The Morgan fingerprint density at radius 1 is 1.10 bits per heavy atom. The van der Waals surface area contributed by atoms with Crippen molar-refractivity contribution in [3.63, 3.8) is 0 Å². The maximum atomic E-state index is 12.7. The van der Waals surface area contributed by atoms with Crippen molar-refractivity contribution < 1.29 is 23.6 Å². The van der Waals surface area contributed by atoms with Crippen LogP contribution in [0.1, 0.15) is 27.8 Å². The fourth-order valence-corrected chi connectivity index (χ4v) is 2.81. The minimum absolute atomic E-state index is 0.207. The van der Waals surface area contributed by atoms with Crippen molar-refractivity contribution in [2.75, 3.05) is 11.9 Å². The molecule has 0 fully saturated rings. The molecule has 0 saturated heterocycles. The van der Waals surface area contributed by atoms with E-state index in [0.717, 1.165) is 4.47 Å². The lowest BCUT2D eigenvalue weighted by molar-refractivity contribution is -0.153. The van der Waals surface area contributed by atoms with Crippen LogP contribution in [0.4, 0.5) is 5.82 Å². The van der Waals surface area contributed by atoms with Gasteiger partial charge in [0, 0.05) is 21.7 Å². The number of hydrogen-bond donors (Lipinski definition) is 2. The van der Waals surface area contributed by atoms with Crippen LogP contribution >= 0.6 is 15.9 Å². The van der Waals surface area contributed by atoms with Gasteiger partial charge in [-0.25, -0.2) is 0 Å². The first kappa shape index (κ1) is 21.3. The fourth-order valence-electron chi connectivity index (χ4n) is 2.55. The highest BCUT2D eigenvalue weighted by atomic mass is 79.9. The maximum Gasteiger partial charge on any atom is 0.326 e.